The first-order valence-corrected chi connectivity index (χ1v) is 8.20. The van der Waals surface area contributed by atoms with Gasteiger partial charge in [-0.05, 0) is 30.3 Å². The average Bonchev–Trinajstić information content (AvgIpc) is 2.72. The first kappa shape index (κ1) is 17.8. The molecule has 0 radical (unpaired) electrons. The topological polar surface area (TPSA) is 96.5 Å². The number of para-hydroxylation sites is 1. The molecule has 0 aliphatic carbocycles. The second kappa shape index (κ2) is 7.45. The highest BCUT2D eigenvalue weighted by molar-refractivity contribution is 6.32. The Labute approximate surface area is 154 Å². The minimum Gasteiger partial charge on any atom is -0.495 e. The smallest absolute Gasteiger partial charge is 0.254 e. The summed E-state index contributed by atoms with van der Waals surface area (Å²) in [7, 11) is 1.49. The number of ether oxygens (including phenoxy) is 1. The number of hydrogen-bond donors (Lipinski definition) is 3. The van der Waals surface area contributed by atoms with E-state index in [4.69, 9.17) is 16.3 Å². The van der Waals surface area contributed by atoms with Crippen molar-refractivity contribution in [3.8, 4) is 5.75 Å². The number of rotatable bonds is 4. The highest BCUT2D eigenvalue weighted by Gasteiger charge is 2.29. The Kier molecular flexibility index (Phi) is 5.09. The number of methoxy groups -OCH3 is 1. The highest BCUT2D eigenvalue weighted by atomic mass is 35.5. The van der Waals surface area contributed by atoms with E-state index in [1.807, 2.05) is 0 Å². The summed E-state index contributed by atoms with van der Waals surface area (Å²) in [6.45, 7) is 0. The van der Waals surface area contributed by atoms with Gasteiger partial charge in [-0.25, -0.2) is 0 Å². The minimum atomic E-state index is -0.983. The van der Waals surface area contributed by atoms with Crippen molar-refractivity contribution in [3.05, 3.63) is 53.1 Å². The van der Waals surface area contributed by atoms with E-state index in [2.05, 4.69) is 16.0 Å². The number of amides is 3. The lowest BCUT2D eigenvalue weighted by Crippen LogP contribution is -2.43. The molecule has 3 amide bonds. The lowest BCUT2D eigenvalue weighted by Gasteiger charge is -2.14. The second-order valence-electron chi connectivity index (χ2n) is 5.66. The Balaban J connectivity index is 1.69. The van der Waals surface area contributed by atoms with E-state index in [0.29, 0.717) is 27.7 Å². The zero-order chi connectivity index (χ0) is 18.7. The van der Waals surface area contributed by atoms with E-state index < -0.39 is 23.8 Å². The van der Waals surface area contributed by atoms with Gasteiger partial charge < -0.3 is 20.7 Å². The lowest BCUT2D eigenvalue weighted by atomic mass is 10.1. The van der Waals surface area contributed by atoms with Crippen LogP contribution >= 0.6 is 11.6 Å². The van der Waals surface area contributed by atoms with Crippen molar-refractivity contribution in [1.82, 2.24) is 5.32 Å². The predicted octanol–water partition coefficient (Wildman–Crippen LogP) is 2.43. The molecular formula is C18H16ClN3O4. The normalized spacial score (nSPS) is 16.0. The zero-order valence-electron chi connectivity index (χ0n) is 13.8. The first-order chi connectivity index (χ1) is 12.5. The van der Waals surface area contributed by atoms with Gasteiger partial charge in [0.1, 0.15) is 11.8 Å². The monoisotopic (exact) mass is 373 g/mol. The van der Waals surface area contributed by atoms with Crippen molar-refractivity contribution >= 4 is 40.7 Å². The summed E-state index contributed by atoms with van der Waals surface area (Å²) in [6, 6.07) is 10.5. The minimum absolute atomic E-state index is 0.213. The van der Waals surface area contributed by atoms with Crippen molar-refractivity contribution in [1.29, 1.82) is 0 Å². The Morgan fingerprint density at radius 2 is 2.00 bits per heavy atom. The summed E-state index contributed by atoms with van der Waals surface area (Å²) >= 11 is 6.02. The molecule has 0 saturated heterocycles. The number of benzene rings is 2. The Morgan fingerprint density at radius 3 is 2.73 bits per heavy atom. The molecule has 0 aromatic heterocycles. The molecule has 3 N–H and O–H groups in total. The van der Waals surface area contributed by atoms with E-state index in [1.165, 1.54) is 7.11 Å². The van der Waals surface area contributed by atoms with E-state index in [9.17, 15) is 14.4 Å². The quantitative estimate of drug-likeness (QED) is 0.766. The third-order valence-electron chi connectivity index (χ3n) is 3.88. The molecule has 0 bridgehead atoms. The van der Waals surface area contributed by atoms with Crippen molar-refractivity contribution in [3.63, 3.8) is 0 Å². The Morgan fingerprint density at radius 1 is 1.23 bits per heavy atom. The number of hydrogen-bond acceptors (Lipinski definition) is 4. The van der Waals surface area contributed by atoms with Crippen LogP contribution in [0.1, 0.15) is 16.8 Å². The summed E-state index contributed by atoms with van der Waals surface area (Å²) in [5, 5.41) is 8.23. The maximum absolute atomic E-state index is 12.3. The fourth-order valence-electron chi connectivity index (χ4n) is 2.60. The molecule has 1 atom stereocenters. The van der Waals surface area contributed by atoms with Crippen LogP contribution in [0.15, 0.2) is 42.5 Å². The van der Waals surface area contributed by atoms with Crippen LogP contribution in [0.3, 0.4) is 0 Å². The summed E-state index contributed by atoms with van der Waals surface area (Å²) in [6.07, 6.45) is -0.213. The van der Waals surface area contributed by atoms with Gasteiger partial charge in [0.15, 0.2) is 0 Å². The van der Waals surface area contributed by atoms with E-state index >= 15 is 0 Å². The molecule has 3 rings (SSSR count). The van der Waals surface area contributed by atoms with Crippen LogP contribution in [-0.2, 0) is 9.59 Å². The van der Waals surface area contributed by atoms with Gasteiger partial charge in [0, 0.05) is 5.69 Å². The van der Waals surface area contributed by atoms with Crippen LogP contribution in [0.25, 0.3) is 0 Å². The van der Waals surface area contributed by atoms with Gasteiger partial charge in [0.2, 0.25) is 11.8 Å². The molecule has 1 unspecified atom stereocenters. The third kappa shape index (κ3) is 3.78. The number of carbonyl (C=O) groups is 3. The van der Waals surface area contributed by atoms with Crippen molar-refractivity contribution in [2.24, 2.45) is 0 Å². The van der Waals surface area contributed by atoms with Crippen molar-refractivity contribution < 1.29 is 19.1 Å². The van der Waals surface area contributed by atoms with Crippen molar-refractivity contribution in [2.75, 3.05) is 17.7 Å². The Bertz CT molecular complexity index is 884. The van der Waals surface area contributed by atoms with E-state index in [0.717, 1.165) is 0 Å². The van der Waals surface area contributed by atoms with Crippen LogP contribution in [0.4, 0.5) is 11.4 Å². The van der Waals surface area contributed by atoms with Crippen LogP contribution < -0.4 is 20.7 Å². The van der Waals surface area contributed by atoms with Gasteiger partial charge in [-0.15, -0.1) is 0 Å². The lowest BCUT2D eigenvalue weighted by molar-refractivity contribution is -0.122. The van der Waals surface area contributed by atoms with Crippen LogP contribution in [0, 0.1) is 0 Å². The van der Waals surface area contributed by atoms with E-state index in [-0.39, 0.29) is 6.42 Å². The molecule has 0 saturated carbocycles. The molecule has 0 fully saturated rings. The predicted molar refractivity (Wildman–Crippen MR) is 97.6 cm³/mol. The van der Waals surface area contributed by atoms with Gasteiger partial charge in [0.25, 0.3) is 5.91 Å². The molecule has 1 heterocycles. The van der Waals surface area contributed by atoms with Crippen LogP contribution in [0.5, 0.6) is 5.75 Å². The first-order valence-electron chi connectivity index (χ1n) is 7.82. The average molecular weight is 374 g/mol. The second-order valence-corrected chi connectivity index (χ2v) is 6.07. The molecule has 134 valence electrons. The fraction of sp³-hybridized carbons (Fsp3) is 0.167. The number of nitrogens with one attached hydrogen (secondary N) is 3. The van der Waals surface area contributed by atoms with Crippen molar-refractivity contribution in [2.45, 2.75) is 12.5 Å². The third-order valence-corrected chi connectivity index (χ3v) is 4.17. The van der Waals surface area contributed by atoms with E-state index in [1.54, 1.807) is 42.5 Å². The summed E-state index contributed by atoms with van der Waals surface area (Å²) < 4.78 is 5.05. The molecule has 7 nitrogen and oxygen atoms in total. The molecule has 8 heteroatoms. The number of anilines is 2. The number of halogens is 1. The maximum atomic E-state index is 12.3. The SMILES string of the molecule is COc1ccc(NC(=O)CC2NC(=O)c3ccccc3NC2=O)cc1Cl. The van der Waals surface area contributed by atoms with Gasteiger partial charge in [-0.1, -0.05) is 23.7 Å². The molecule has 26 heavy (non-hydrogen) atoms. The standard InChI is InChI=1S/C18H16ClN3O4/c1-26-15-7-6-10(8-12(15)19)20-16(23)9-14-18(25)21-13-5-3-2-4-11(13)17(24)22-14/h2-8,14H,9H2,1H3,(H,20,23)(H,21,25)(H,22,24). The number of carbonyl (C=O) groups excluding carboxylic acids is 3. The summed E-state index contributed by atoms with van der Waals surface area (Å²) in [5.74, 6) is -0.814. The molecule has 1 aliphatic rings. The molecule has 1 aliphatic heterocycles. The molecule has 2 aromatic carbocycles. The molecule has 0 spiro atoms. The van der Waals surface area contributed by atoms with Gasteiger partial charge in [-0.2, -0.15) is 0 Å². The molecule has 2 aromatic rings. The maximum Gasteiger partial charge on any atom is 0.254 e. The van der Waals surface area contributed by atoms with Gasteiger partial charge >= 0.3 is 0 Å². The Hall–Kier alpha value is -3.06. The molecular weight excluding hydrogens is 358 g/mol. The highest BCUT2D eigenvalue weighted by Crippen LogP contribution is 2.27. The number of fused-ring (bicyclic) bond motifs is 1. The van der Waals surface area contributed by atoms with Crippen LogP contribution in [0.2, 0.25) is 5.02 Å². The zero-order valence-corrected chi connectivity index (χ0v) is 14.6. The largest absolute Gasteiger partial charge is 0.495 e. The van der Waals surface area contributed by atoms with Gasteiger partial charge in [-0.3, -0.25) is 14.4 Å². The van der Waals surface area contributed by atoms with Gasteiger partial charge in [0.05, 0.1) is 29.8 Å². The van der Waals surface area contributed by atoms with Crippen LogP contribution in [-0.4, -0.2) is 30.9 Å². The summed E-state index contributed by atoms with van der Waals surface area (Å²) in [4.78, 5) is 36.8. The summed E-state index contributed by atoms with van der Waals surface area (Å²) in [5.41, 5.74) is 1.23. The fourth-order valence-corrected chi connectivity index (χ4v) is 2.85.